The van der Waals surface area contributed by atoms with Gasteiger partial charge in [-0.15, -0.1) is 0 Å². The average molecular weight is 286 g/mol. The van der Waals surface area contributed by atoms with E-state index < -0.39 is 0 Å². The summed E-state index contributed by atoms with van der Waals surface area (Å²) in [6.45, 7) is 2.19. The zero-order valence-electron chi connectivity index (χ0n) is 12.3. The van der Waals surface area contributed by atoms with Crippen molar-refractivity contribution in [1.82, 2.24) is 4.90 Å². The first-order valence-corrected chi connectivity index (χ1v) is 7.02. The van der Waals surface area contributed by atoms with Gasteiger partial charge >= 0.3 is 0 Å². The fourth-order valence-electron chi connectivity index (χ4n) is 2.38. The highest BCUT2D eigenvalue weighted by Gasteiger charge is 2.10. The van der Waals surface area contributed by atoms with E-state index in [1.807, 2.05) is 48.5 Å². The van der Waals surface area contributed by atoms with Crippen LogP contribution in [0, 0.1) is 0 Å². The Morgan fingerprint density at radius 1 is 1.10 bits per heavy atom. The van der Waals surface area contributed by atoms with Gasteiger partial charge in [0.15, 0.2) is 0 Å². The molecule has 0 saturated heterocycles. The van der Waals surface area contributed by atoms with Crippen LogP contribution in [-0.2, 0) is 13.1 Å². The summed E-state index contributed by atoms with van der Waals surface area (Å²) in [5.74, 6) is 0.869. The number of hydrogen-bond donors (Lipinski definition) is 2. The second-order valence-electron chi connectivity index (χ2n) is 4.99. The summed E-state index contributed by atoms with van der Waals surface area (Å²) in [5.41, 5.74) is 8.82. The number of hydrogen-bond acceptors (Lipinski definition) is 4. The molecule has 4 heteroatoms. The topological polar surface area (TPSA) is 58.7 Å². The lowest BCUT2D eigenvalue weighted by atomic mass is 10.1. The predicted molar refractivity (Wildman–Crippen MR) is 85.0 cm³/mol. The molecule has 3 N–H and O–H groups in total. The number of para-hydroxylation sites is 1. The van der Waals surface area contributed by atoms with Gasteiger partial charge in [0, 0.05) is 30.9 Å². The number of anilines is 1. The maximum atomic E-state index is 9.28. The van der Waals surface area contributed by atoms with Crippen molar-refractivity contribution >= 4 is 5.69 Å². The molecule has 2 aromatic carbocycles. The van der Waals surface area contributed by atoms with Gasteiger partial charge in [0.1, 0.15) is 5.75 Å². The Morgan fingerprint density at radius 3 is 2.62 bits per heavy atom. The largest absolute Gasteiger partial charge is 0.496 e. The standard InChI is InChI=1S/C17H22N2O2/c1-21-17-8-3-2-6-15(17)13-19(9-10-20)12-14-5-4-7-16(18)11-14/h2-8,11,20H,9-10,12-13,18H2,1H3. The van der Waals surface area contributed by atoms with Crippen molar-refractivity contribution in [2.45, 2.75) is 13.1 Å². The molecular weight excluding hydrogens is 264 g/mol. The minimum absolute atomic E-state index is 0.122. The van der Waals surface area contributed by atoms with Crippen molar-refractivity contribution in [2.75, 3.05) is 26.0 Å². The molecular formula is C17H22N2O2. The molecule has 0 radical (unpaired) electrons. The van der Waals surface area contributed by atoms with Crippen molar-refractivity contribution in [3.8, 4) is 5.75 Å². The molecule has 4 nitrogen and oxygen atoms in total. The smallest absolute Gasteiger partial charge is 0.123 e. The van der Waals surface area contributed by atoms with E-state index in [1.54, 1.807) is 7.11 Å². The van der Waals surface area contributed by atoms with E-state index in [9.17, 15) is 5.11 Å². The Hall–Kier alpha value is -2.04. The third kappa shape index (κ3) is 4.48. The molecule has 0 atom stereocenters. The number of rotatable bonds is 7. The van der Waals surface area contributed by atoms with Crippen molar-refractivity contribution < 1.29 is 9.84 Å². The lowest BCUT2D eigenvalue weighted by Crippen LogP contribution is -2.26. The molecule has 21 heavy (non-hydrogen) atoms. The van der Waals surface area contributed by atoms with Crippen LogP contribution in [-0.4, -0.2) is 30.3 Å². The second kappa shape index (κ2) is 7.67. The number of nitrogens with two attached hydrogens (primary N) is 1. The number of nitrogens with zero attached hydrogens (tertiary/aromatic N) is 1. The van der Waals surface area contributed by atoms with E-state index in [2.05, 4.69) is 4.90 Å². The highest BCUT2D eigenvalue weighted by molar-refractivity contribution is 5.40. The molecule has 0 spiro atoms. The molecule has 0 aliphatic heterocycles. The lowest BCUT2D eigenvalue weighted by molar-refractivity contribution is 0.183. The van der Waals surface area contributed by atoms with Crippen LogP contribution in [0.2, 0.25) is 0 Å². The van der Waals surface area contributed by atoms with E-state index in [4.69, 9.17) is 10.5 Å². The predicted octanol–water partition coefficient (Wildman–Crippen LogP) is 2.27. The second-order valence-corrected chi connectivity index (χ2v) is 4.99. The Bertz CT molecular complexity index is 572. The summed E-state index contributed by atoms with van der Waals surface area (Å²) in [6, 6.07) is 15.8. The van der Waals surface area contributed by atoms with E-state index in [0.717, 1.165) is 35.7 Å². The fraction of sp³-hybridized carbons (Fsp3) is 0.294. The first kappa shape index (κ1) is 15.4. The number of benzene rings is 2. The zero-order chi connectivity index (χ0) is 15.1. The number of ether oxygens (including phenoxy) is 1. The van der Waals surface area contributed by atoms with Crippen LogP contribution in [0.4, 0.5) is 5.69 Å². The number of aliphatic hydroxyl groups excluding tert-OH is 1. The Kier molecular flexibility index (Phi) is 5.60. The van der Waals surface area contributed by atoms with Crippen LogP contribution in [0.15, 0.2) is 48.5 Å². The Morgan fingerprint density at radius 2 is 1.90 bits per heavy atom. The summed E-state index contributed by atoms with van der Waals surface area (Å²) in [7, 11) is 1.67. The highest BCUT2D eigenvalue weighted by atomic mass is 16.5. The van der Waals surface area contributed by atoms with E-state index >= 15 is 0 Å². The Balaban J connectivity index is 2.11. The first-order valence-electron chi connectivity index (χ1n) is 7.02. The van der Waals surface area contributed by atoms with Crippen LogP contribution in [0.25, 0.3) is 0 Å². The molecule has 112 valence electrons. The molecule has 0 unspecified atom stereocenters. The first-order chi connectivity index (χ1) is 10.2. The van der Waals surface area contributed by atoms with Gasteiger partial charge in [0.05, 0.1) is 13.7 Å². The van der Waals surface area contributed by atoms with Gasteiger partial charge in [0.25, 0.3) is 0 Å². The average Bonchev–Trinajstić information content (AvgIpc) is 2.48. The normalized spacial score (nSPS) is 10.8. The van der Waals surface area contributed by atoms with Crippen molar-refractivity contribution in [3.63, 3.8) is 0 Å². The maximum absolute atomic E-state index is 9.28. The molecule has 2 rings (SSSR count). The summed E-state index contributed by atoms with van der Waals surface area (Å²) in [4.78, 5) is 2.17. The Labute approximate surface area is 125 Å². The minimum atomic E-state index is 0.122. The molecule has 2 aromatic rings. The van der Waals surface area contributed by atoms with Gasteiger partial charge in [-0.2, -0.15) is 0 Å². The fourth-order valence-corrected chi connectivity index (χ4v) is 2.38. The molecule has 0 saturated carbocycles. The maximum Gasteiger partial charge on any atom is 0.123 e. The number of methoxy groups -OCH3 is 1. The van der Waals surface area contributed by atoms with Crippen molar-refractivity contribution in [3.05, 3.63) is 59.7 Å². The molecule has 0 aliphatic carbocycles. The highest BCUT2D eigenvalue weighted by Crippen LogP contribution is 2.20. The molecule has 0 aliphatic rings. The third-order valence-electron chi connectivity index (χ3n) is 3.36. The molecule has 0 amide bonds. The summed E-state index contributed by atoms with van der Waals surface area (Å²) in [6.07, 6.45) is 0. The van der Waals surface area contributed by atoms with E-state index in [-0.39, 0.29) is 6.61 Å². The van der Waals surface area contributed by atoms with Gasteiger partial charge in [-0.05, 0) is 23.8 Å². The SMILES string of the molecule is COc1ccccc1CN(CCO)Cc1cccc(N)c1. The zero-order valence-corrected chi connectivity index (χ0v) is 12.3. The monoisotopic (exact) mass is 286 g/mol. The van der Waals surface area contributed by atoms with Crippen LogP contribution in [0.3, 0.4) is 0 Å². The minimum Gasteiger partial charge on any atom is -0.496 e. The van der Waals surface area contributed by atoms with Gasteiger partial charge in [-0.25, -0.2) is 0 Å². The van der Waals surface area contributed by atoms with Crippen LogP contribution in [0.1, 0.15) is 11.1 Å². The molecule has 0 bridgehead atoms. The van der Waals surface area contributed by atoms with Crippen LogP contribution < -0.4 is 10.5 Å². The van der Waals surface area contributed by atoms with Crippen LogP contribution in [0.5, 0.6) is 5.75 Å². The summed E-state index contributed by atoms with van der Waals surface area (Å²) < 4.78 is 5.38. The lowest BCUT2D eigenvalue weighted by Gasteiger charge is -2.22. The van der Waals surface area contributed by atoms with Gasteiger partial charge in [0.2, 0.25) is 0 Å². The molecule has 0 aromatic heterocycles. The number of aliphatic hydroxyl groups is 1. The summed E-state index contributed by atoms with van der Waals surface area (Å²) in [5, 5.41) is 9.28. The number of nitrogen functional groups attached to an aromatic ring is 1. The van der Waals surface area contributed by atoms with Crippen molar-refractivity contribution in [2.24, 2.45) is 0 Å². The molecule has 0 heterocycles. The van der Waals surface area contributed by atoms with E-state index in [1.165, 1.54) is 0 Å². The van der Waals surface area contributed by atoms with Crippen LogP contribution >= 0.6 is 0 Å². The van der Waals surface area contributed by atoms with E-state index in [0.29, 0.717) is 6.54 Å². The van der Waals surface area contributed by atoms with Gasteiger partial charge < -0.3 is 15.6 Å². The van der Waals surface area contributed by atoms with Gasteiger partial charge in [-0.1, -0.05) is 30.3 Å². The quantitative estimate of drug-likeness (QED) is 0.767. The van der Waals surface area contributed by atoms with Crippen molar-refractivity contribution in [1.29, 1.82) is 0 Å². The molecule has 0 fully saturated rings. The summed E-state index contributed by atoms with van der Waals surface area (Å²) >= 11 is 0. The van der Waals surface area contributed by atoms with Gasteiger partial charge in [-0.3, -0.25) is 4.90 Å². The third-order valence-corrected chi connectivity index (χ3v) is 3.36.